The Kier molecular flexibility index (Phi) is 3.83. The van der Waals surface area contributed by atoms with Gasteiger partial charge in [0.1, 0.15) is 5.82 Å². The third-order valence-corrected chi connectivity index (χ3v) is 5.09. The summed E-state index contributed by atoms with van der Waals surface area (Å²) in [5.74, 6) is -0.242. The minimum atomic E-state index is -0.572. The molecule has 1 aliphatic carbocycles. The topological polar surface area (TPSA) is 23.5 Å². The Morgan fingerprint density at radius 2 is 1.75 bits per heavy atom. The van der Waals surface area contributed by atoms with Crippen molar-refractivity contribution in [1.29, 1.82) is 0 Å². The molecule has 0 bridgehead atoms. The second-order valence-electron chi connectivity index (χ2n) is 6.47. The summed E-state index contributed by atoms with van der Waals surface area (Å²) in [4.78, 5) is 2.46. The number of aliphatic hydroxyl groups excluding tert-OH is 1. The van der Waals surface area contributed by atoms with Gasteiger partial charge in [-0.25, -0.2) is 4.39 Å². The number of aryl methyl sites for hydroxylation is 1. The average Bonchev–Trinajstić information content (AvgIpc) is 3.08. The van der Waals surface area contributed by atoms with Gasteiger partial charge >= 0.3 is 0 Å². The molecule has 2 fully saturated rings. The van der Waals surface area contributed by atoms with E-state index >= 15 is 0 Å². The molecular weight excluding hydrogens is 253 g/mol. The van der Waals surface area contributed by atoms with Gasteiger partial charge in [0.2, 0.25) is 0 Å². The largest absolute Gasteiger partial charge is 0.386 e. The number of rotatable bonds is 3. The Bertz CT molecular complexity index is 456. The smallest absolute Gasteiger partial charge is 0.123 e. The lowest BCUT2D eigenvalue weighted by Crippen LogP contribution is -2.49. The van der Waals surface area contributed by atoms with Crippen LogP contribution in [0.2, 0.25) is 0 Å². The monoisotopic (exact) mass is 277 g/mol. The van der Waals surface area contributed by atoms with Gasteiger partial charge in [-0.15, -0.1) is 0 Å². The molecule has 1 saturated carbocycles. The van der Waals surface area contributed by atoms with Crippen molar-refractivity contribution >= 4 is 0 Å². The van der Waals surface area contributed by atoms with Crippen LogP contribution in [0, 0.1) is 12.7 Å². The van der Waals surface area contributed by atoms with Crippen LogP contribution in [0.3, 0.4) is 0 Å². The summed E-state index contributed by atoms with van der Waals surface area (Å²) < 4.78 is 13.7. The van der Waals surface area contributed by atoms with Crippen LogP contribution < -0.4 is 0 Å². The fourth-order valence-electron chi connectivity index (χ4n) is 4.15. The average molecular weight is 277 g/mol. The second kappa shape index (κ2) is 5.45. The molecule has 1 N–H and O–H groups in total. The highest BCUT2D eigenvalue weighted by Crippen LogP contribution is 2.46. The van der Waals surface area contributed by atoms with Crippen LogP contribution in [0.1, 0.15) is 55.8 Å². The zero-order valence-electron chi connectivity index (χ0n) is 12.2. The molecule has 2 nitrogen and oxygen atoms in total. The minimum absolute atomic E-state index is 0.156. The first kappa shape index (κ1) is 14.0. The molecule has 0 radical (unpaired) electrons. The molecule has 0 spiro atoms. The molecule has 1 atom stereocenters. The van der Waals surface area contributed by atoms with E-state index in [1.165, 1.54) is 37.8 Å². The summed E-state index contributed by atoms with van der Waals surface area (Å²) in [5.41, 5.74) is 1.47. The molecule has 3 heteroatoms. The molecule has 1 heterocycles. The van der Waals surface area contributed by atoms with Crippen LogP contribution in [0.4, 0.5) is 4.39 Å². The van der Waals surface area contributed by atoms with E-state index in [4.69, 9.17) is 0 Å². The summed E-state index contributed by atoms with van der Waals surface area (Å²) in [6.45, 7) is 4.03. The fourth-order valence-corrected chi connectivity index (χ4v) is 4.15. The number of hydrogen-bond donors (Lipinski definition) is 1. The van der Waals surface area contributed by atoms with Gasteiger partial charge < -0.3 is 5.11 Å². The zero-order chi connectivity index (χ0) is 14.2. The lowest BCUT2D eigenvalue weighted by molar-refractivity contribution is -0.0197. The van der Waals surface area contributed by atoms with Gasteiger partial charge in [0.25, 0.3) is 0 Å². The highest BCUT2D eigenvalue weighted by molar-refractivity contribution is 5.28. The Labute approximate surface area is 120 Å². The maximum atomic E-state index is 13.7. The van der Waals surface area contributed by atoms with Gasteiger partial charge in [-0.1, -0.05) is 18.9 Å². The number of benzene rings is 1. The van der Waals surface area contributed by atoms with E-state index in [-0.39, 0.29) is 11.4 Å². The molecule has 110 valence electrons. The van der Waals surface area contributed by atoms with Gasteiger partial charge in [-0.05, 0) is 69.0 Å². The predicted octanol–water partition coefficient (Wildman–Crippen LogP) is 3.58. The summed E-state index contributed by atoms with van der Waals surface area (Å²) in [7, 11) is 0. The van der Waals surface area contributed by atoms with Crippen molar-refractivity contribution in [1.82, 2.24) is 4.90 Å². The highest BCUT2D eigenvalue weighted by Gasteiger charge is 2.46. The predicted molar refractivity (Wildman–Crippen MR) is 78.1 cm³/mol. The van der Waals surface area contributed by atoms with Crippen molar-refractivity contribution in [2.24, 2.45) is 0 Å². The highest BCUT2D eigenvalue weighted by atomic mass is 19.1. The number of aliphatic hydroxyl groups is 1. The molecule has 0 aromatic heterocycles. The molecule has 3 rings (SSSR count). The maximum absolute atomic E-state index is 13.7. The lowest BCUT2D eigenvalue weighted by atomic mass is 9.84. The Balaban J connectivity index is 1.94. The zero-order valence-corrected chi connectivity index (χ0v) is 12.2. The van der Waals surface area contributed by atoms with E-state index in [9.17, 15) is 9.50 Å². The van der Waals surface area contributed by atoms with Gasteiger partial charge in [-0.3, -0.25) is 4.90 Å². The number of hydrogen-bond acceptors (Lipinski definition) is 2. The molecule has 1 aromatic carbocycles. The minimum Gasteiger partial charge on any atom is -0.386 e. The third-order valence-electron chi connectivity index (χ3n) is 5.09. The Morgan fingerprint density at radius 1 is 1.10 bits per heavy atom. The van der Waals surface area contributed by atoms with Gasteiger partial charge in [-0.2, -0.15) is 0 Å². The van der Waals surface area contributed by atoms with Crippen LogP contribution in [-0.4, -0.2) is 28.6 Å². The van der Waals surface area contributed by atoms with Crippen molar-refractivity contribution in [3.05, 3.63) is 35.1 Å². The van der Waals surface area contributed by atoms with Crippen LogP contribution >= 0.6 is 0 Å². The van der Waals surface area contributed by atoms with E-state index < -0.39 is 6.10 Å². The molecule has 1 aromatic rings. The third kappa shape index (κ3) is 2.38. The van der Waals surface area contributed by atoms with E-state index in [0.29, 0.717) is 0 Å². The van der Waals surface area contributed by atoms with Crippen molar-refractivity contribution in [2.75, 3.05) is 13.1 Å². The SMILES string of the molecule is Cc1cc(F)cc(C(O)C2(N3CCCC3)CCCC2)c1. The van der Waals surface area contributed by atoms with E-state index in [1.54, 1.807) is 0 Å². The quantitative estimate of drug-likeness (QED) is 0.913. The molecule has 2 aliphatic rings. The van der Waals surface area contributed by atoms with Gasteiger partial charge in [0.05, 0.1) is 11.6 Å². The standard InChI is InChI=1S/C17H24FNO/c1-13-10-14(12-15(18)11-13)16(20)17(6-2-3-7-17)19-8-4-5-9-19/h10-12,16,20H,2-9H2,1H3. The van der Waals surface area contributed by atoms with Crippen LogP contribution in [0.25, 0.3) is 0 Å². The molecule has 1 saturated heterocycles. The molecule has 0 amide bonds. The molecular formula is C17H24FNO. The maximum Gasteiger partial charge on any atom is 0.123 e. The van der Waals surface area contributed by atoms with Crippen LogP contribution in [-0.2, 0) is 0 Å². The summed E-state index contributed by atoms with van der Waals surface area (Å²) >= 11 is 0. The summed E-state index contributed by atoms with van der Waals surface area (Å²) in [6, 6.07) is 4.96. The van der Waals surface area contributed by atoms with Crippen molar-refractivity contribution < 1.29 is 9.50 Å². The Hall–Kier alpha value is -0.930. The first-order valence-corrected chi connectivity index (χ1v) is 7.82. The molecule has 1 unspecified atom stereocenters. The van der Waals surface area contributed by atoms with Crippen molar-refractivity contribution in [2.45, 2.75) is 57.1 Å². The number of nitrogens with zero attached hydrogens (tertiary/aromatic N) is 1. The normalized spacial score (nSPS) is 24.1. The van der Waals surface area contributed by atoms with Crippen molar-refractivity contribution in [3.63, 3.8) is 0 Å². The Morgan fingerprint density at radius 3 is 2.35 bits per heavy atom. The number of halogens is 1. The van der Waals surface area contributed by atoms with E-state index in [0.717, 1.165) is 37.1 Å². The van der Waals surface area contributed by atoms with Gasteiger partial charge in [0, 0.05) is 0 Å². The summed E-state index contributed by atoms with van der Waals surface area (Å²) in [6.07, 6.45) is 6.27. The molecule has 1 aliphatic heterocycles. The van der Waals surface area contributed by atoms with Crippen molar-refractivity contribution in [3.8, 4) is 0 Å². The fraction of sp³-hybridized carbons (Fsp3) is 0.647. The first-order chi connectivity index (χ1) is 9.62. The second-order valence-corrected chi connectivity index (χ2v) is 6.47. The lowest BCUT2D eigenvalue weighted by Gasteiger charge is -2.43. The van der Waals surface area contributed by atoms with E-state index in [1.807, 2.05) is 13.0 Å². The van der Waals surface area contributed by atoms with E-state index in [2.05, 4.69) is 4.90 Å². The first-order valence-electron chi connectivity index (χ1n) is 7.82. The summed E-state index contributed by atoms with van der Waals surface area (Å²) in [5, 5.41) is 11.0. The van der Waals surface area contributed by atoms with Crippen LogP contribution in [0.15, 0.2) is 18.2 Å². The number of likely N-dealkylation sites (tertiary alicyclic amines) is 1. The van der Waals surface area contributed by atoms with Gasteiger partial charge in [0.15, 0.2) is 0 Å². The molecule has 20 heavy (non-hydrogen) atoms. The van der Waals surface area contributed by atoms with Crippen LogP contribution in [0.5, 0.6) is 0 Å².